The van der Waals surface area contributed by atoms with Crippen LogP contribution in [-0.4, -0.2) is 79.1 Å². The Morgan fingerprint density at radius 1 is 1.08 bits per heavy atom. The van der Waals surface area contributed by atoms with Gasteiger partial charge in [-0.05, 0) is 38.1 Å². The van der Waals surface area contributed by atoms with E-state index in [9.17, 15) is 9.59 Å². The van der Waals surface area contributed by atoms with Crippen LogP contribution < -0.4 is 9.47 Å². The Morgan fingerprint density at radius 2 is 1.88 bits per heavy atom. The molecule has 1 unspecified atom stereocenters. The molecule has 0 aromatic heterocycles. The molecule has 1 spiro atoms. The Kier molecular flexibility index (Phi) is 4.26. The van der Waals surface area contributed by atoms with Crippen molar-refractivity contribution < 1.29 is 19.1 Å². The van der Waals surface area contributed by atoms with Gasteiger partial charge < -0.3 is 19.3 Å². The van der Waals surface area contributed by atoms with Crippen LogP contribution in [0.4, 0.5) is 0 Å². The lowest BCUT2D eigenvalue weighted by molar-refractivity contribution is -0.129. The van der Waals surface area contributed by atoms with Crippen molar-refractivity contribution in [2.45, 2.75) is 24.8 Å². The molecule has 7 nitrogen and oxygen atoms in total. The number of carbonyl (C=O) groups is 2. The summed E-state index contributed by atoms with van der Waals surface area (Å²) in [5, 5.41) is 0. The number of hydrogen-bond donors (Lipinski definition) is 0. The van der Waals surface area contributed by atoms with E-state index in [-0.39, 0.29) is 24.1 Å². The van der Waals surface area contributed by atoms with Crippen molar-refractivity contribution in [2.75, 3.05) is 47.1 Å². The average Bonchev–Trinajstić information content (AvgIpc) is 3.07. The number of likely N-dealkylation sites (tertiary alicyclic amines) is 1. The highest BCUT2D eigenvalue weighted by Gasteiger charge is 2.43. The minimum absolute atomic E-state index is 0.0136. The zero-order valence-corrected chi connectivity index (χ0v) is 15.4. The molecule has 0 bridgehead atoms. The summed E-state index contributed by atoms with van der Waals surface area (Å²) >= 11 is 0. The minimum atomic E-state index is -0.134. The monoisotopic (exact) mass is 359 g/mol. The molecular weight excluding hydrogens is 334 g/mol. The zero-order valence-electron chi connectivity index (χ0n) is 15.4. The molecule has 0 radical (unpaired) electrons. The highest BCUT2D eigenvalue weighted by atomic mass is 16.7. The van der Waals surface area contributed by atoms with Crippen LogP contribution in [0.5, 0.6) is 11.5 Å². The SMILES string of the molecule is CN1CCC2(CCC1=O)CN(C(=O)c1ccc3c(c1)OCO3)CCN2C. The Bertz CT molecular complexity index is 737. The summed E-state index contributed by atoms with van der Waals surface area (Å²) in [7, 11) is 3.97. The maximum absolute atomic E-state index is 13.1. The van der Waals surface area contributed by atoms with Gasteiger partial charge in [-0.25, -0.2) is 0 Å². The zero-order chi connectivity index (χ0) is 18.3. The molecular formula is C19H25N3O4. The van der Waals surface area contributed by atoms with E-state index < -0.39 is 0 Å². The van der Waals surface area contributed by atoms with E-state index in [1.54, 1.807) is 23.1 Å². The van der Waals surface area contributed by atoms with Crippen LogP contribution in [0.2, 0.25) is 0 Å². The van der Waals surface area contributed by atoms with Gasteiger partial charge in [-0.1, -0.05) is 0 Å². The summed E-state index contributed by atoms with van der Waals surface area (Å²) in [6.45, 7) is 3.09. The number of ether oxygens (including phenoxy) is 2. The molecule has 1 aromatic rings. The molecule has 3 heterocycles. The molecule has 7 heteroatoms. The number of likely N-dealkylation sites (N-methyl/N-ethyl adjacent to an activating group) is 1. The second-order valence-corrected chi connectivity index (χ2v) is 7.51. The van der Waals surface area contributed by atoms with Gasteiger partial charge in [0, 0.05) is 50.7 Å². The Morgan fingerprint density at radius 3 is 2.73 bits per heavy atom. The first-order valence-corrected chi connectivity index (χ1v) is 9.13. The lowest BCUT2D eigenvalue weighted by Gasteiger charge is -2.49. The maximum atomic E-state index is 13.1. The van der Waals surface area contributed by atoms with E-state index in [2.05, 4.69) is 11.9 Å². The normalized spacial score (nSPS) is 26.3. The van der Waals surface area contributed by atoms with Crippen molar-refractivity contribution in [2.24, 2.45) is 0 Å². The number of amides is 2. The molecule has 26 heavy (non-hydrogen) atoms. The molecule has 2 amide bonds. The number of piperazine rings is 1. The Labute approximate surface area is 153 Å². The first-order valence-electron chi connectivity index (χ1n) is 9.13. The van der Waals surface area contributed by atoms with Gasteiger partial charge in [0.15, 0.2) is 11.5 Å². The van der Waals surface area contributed by atoms with Crippen LogP contribution in [0.15, 0.2) is 18.2 Å². The fraction of sp³-hybridized carbons (Fsp3) is 0.579. The third-order valence-corrected chi connectivity index (χ3v) is 6.05. The largest absolute Gasteiger partial charge is 0.454 e. The average molecular weight is 359 g/mol. The van der Waals surface area contributed by atoms with Crippen LogP contribution in [0.1, 0.15) is 29.6 Å². The van der Waals surface area contributed by atoms with Gasteiger partial charge in [0.25, 0.3) is 5.91 Å². The molecule has 140 valence electrons. The number of nitrogens with zero attached hydrogens (tertiary/aromatic N) is 3. The number of fused-ring (bicyclic) bond motifs is 1. The predicted octanol–water partition coefficient (Wildman–Crippen LogP) is 1.18. The lowest BCUT2D eigenvalue weighted by Crippen LogP contribution is -2.62. The third-order valence-electron chi connectivity index (χ3n) is 6.05. The molecule has 0 saturated carbocycles. The van der Waals surface area contributed by atoms with E-state index in [1.807, 2.05) is 11.9 Å². The van der Waals surface area contributed by atoms with E-state index in [4.69, 9.17) is 9.47 Å². The van der Waals surface area contributed by atoms with Gasteiger partial charge in [-0.2, -0.15) is 0 Å². The quantitative estimate of drug-likeness (QED) is 0.754. The first-order chi connectivity index (χ1) is 12.5. The van der Waals surface area contributed by atoms with Crippen LogP contribution in [-0.2, 0) is 4.79 Å². The smallest absolute Gasteiger partial charge is 0.254 e. The maximum Gasteiger partial charge on any atom is 0.254 e. The Balaban J connectivity index is 1.54. The fourth-order valence-electron chi connectivity index (χ4n) is 4.14. The van der Waals surface area contributed by atoms with Crippen molar-refractivity contribution in [3.8, 4) is 11.5 Å². The van der Waals surface area contributed by atoms with Crippen LogP contribution >= 0.6 is 0 Å². The summed E-state index contributed by atoms with van der Waals surface area (Å²) in [5.41, 5.74) is 0.487. The van der Waals surface area contributed by atoms with Gasteiger partial charge in [0.1, 0.15) is 0 Å². The molecule has 2 saturated heterocycles. The van der Waals surface area contributed by atoms with Gasteiger partial charge in [-0.3, -0.25) is 14.5 Å². The summed E-state index contributed by atoms with van der Waals surface area (Å²) < 4.78 is 10.7. The summed E-state index contributed by atoms with van der Waals surface area (Å²) in [5.74, 6) is 1.51. The van der Waals surface area contributed by atoms with Gasteiger partial charge in [0.05, 0.1) is 0 Å². The summed E-state index contributed by atoms with van der Waals surface area (Å²) in [6, 6.07) is 5.35. The van der Waals surface area contributed by atoms with Gasteiger partial charge in [0.2, 0.25) is 12.7 Å². The van der Waals surface area contributed by atoms with E-state index in [0.717, 1.165) is 25.9 Å². The standard InChI is InChI=1S/C19H25N3O4/c1-20-8-7-19(6-5-17(20)23)12-22(10-9-21(19)2)18(24)14-3-4-15-16(11-14)26-13-25-15/h3-4,11H,5-10,12-13H2,1-2H3. The van der Waals surface area contributed by atoms with Crippen molar-refractivity contribution in [1.82, 2.24) is 14.7 Å². The van der Waals surface area contributed by atoms with Crippen LogP contribution in [0, 0.1) is 0 Å². The van der Waals surface area contributed by atoms with Crippen LogP contribution in [0.3, 0.4) is 0 Å². The molecule has 0 N–H and O–H groups in total. The van der Waals surface area contributed by atoms with Gasteiger partial charge >= 0.3 is 0 Å². The fourth-order valence-corrected chi connectivity index (χ4v) is 4.14. The highest BCUT2D eigenvalue weighted by molar-refractivity contribution is 5.95. The first kappa shape index (κ1) is 17.1. The van der Waals surface area contributed by atoms with Crippen LogP contribution in [0.25, 0.3) is 0 Å². The molecule has 1 atom stereocenters. The predicted molar refractivity (Wildman–Crippen MR) is 95.3 cm³/mol. The van der Waals surface area contributed by atoms with Crippen molar-refractivity contribution in [3.63, 3.8) is 0 Å². The molecule has 0 aliphatic carbocycles. The molecule has 4 rings (SSSR count). The number of benzene rings is 1. The van der Waals surface area contributed by atoms with Crippen molar-refractivity contribution >= 4 is 11.8 Å². The topological polar surface area (TPSA) is 62.3 Å². The second-order valence-electron chi connectivity index (χ2n) is 7.51. The second kappa shape index (κ2) is 6.46. The van der Waals surface area contributed by atoms with Crippen molar-refractivity contribution in [1.29, 1.82) is 0 Å². The van der Waals surface area contributed by atoms with Crippen molar-refractivity contribution in [3.05, 3.63) is 23.8 Å². The molecule has 3 aliphatic rings. The molecule has 2 fully saturated rings. The van der Waals surface area contributed by atoms with E-state index in [1.165, 1.54) is 0 Å². The Hall–Kier alpha value is -2.28. The highest BCUT2D eigenvalue weighted by Crippen LogP contribution is 2.35. The summed E-state index contributed by atoms with van der Waals surface area (Å²) in [6.07, 6.45) is 2.21. The van der Waals surface area contributed by atoms with E-state index >= 15 is 0 Å². The lowest BCUT2D eigenvalue weighted by atomic mass is 9.86. The van der Waals surface area contributed by atoms with Gasteiger partial charge in [-0.15, -0.1) is 0 Å². The molecule has 1 aromatic carbocycles. The number of hydrogen-bond acceptors (Lipinski definition) is 5. The summed E-state index contributed by atoms with van der Waals surface area (Å²) in [4.78, 5) is 31.2. The third kappa shape index (κ3) is 2.90. The van der Waals surface area contributed by atoms with E-state index in [0.29, 0.717) is 36.6 Å². The number of carbonyl (C=O) groups excluding carboxylic acids is 2. The minimum Gasteiger partial charge on any atom is -0.454 e. The molecule has 3 aliphatic heterocycles. The number of rotatable bonds is 1.